The van der Waals surface area contributed by atoms with E-state index in [4.69, 9.17) is 5.73 Å². The number of amides is 2. The first-order valence-corrected chi connectivity index (χ1v) is 7.03. The monoisotopic (exact) mass is 292 g/mol. The van der Waals surface area contributed by atoms with Crippen LogP contribution in [0.15, 0.2) is 18.2 Å². The van der Waals surface area contributed by atoms with Crippen LogP contribution in [0, 0.1) is 0 Å². The molecular weight excluding hydrogens is 268 g/mol. The van der Waals surface area contributed by atoms with Crippen molar-refractivity contribution in [1.29, 1.82) is 0 Å². The fourth-order valence-corrected chi connectivity index (χ4v) is 1.95. The minimum Gasteiger partial charge on any atom is -0.397 e. The number of anilines is 2. The molecule has 0 aliphatic carbocycles. The molecule has 1 aromatic rings. The van der Waals surface area contributed by atoms with Gasteiger partial charge in [-0.15, -0.1) is 0 Å². The molecule has 0 aromatic heterocycles. The number of nitrogens with two attached hydrogens (primary N) is 1. The average Bonchev–Trinajstić information content (AvgIpc) is 2.38. The molecule has 4 N–H and O–H groups in total. The molecule has 1 aromatic carbocycles. The fraction of sp³-hybridized carbons (Fsp3) is 0.467. The maximum Gasteiger partial charge on any atom is 0.251 e. The summed E-state index contributed by atoms with van der Waals surface area (Å²) in [6.45, 7) is 6.41. The normalized spacial score (nSPS) is 10.3. The van der Waals surface area contributed by atoms with Crippen LogP contribution in [0.25, 0.3) is 0 Å². The van der Waals surface area contributed by atoms with Crippen LogP contribution in [-0.2, 0) is 4.79 Å². The van der Waals surface area contributed by atoms with E-state index in [9.17, 15) is 9.59 Å². The first-order valence-electron chi connectivity index (χ1n) is 7.03. The molecule has 116 valence electrons. The van der Waals surface area contributed by atoms with Gasteiger partial charge < -0.3 is 21.3 Å². The summed E-state index contributed by atoms with van der Waals surface area (Å²) >= 11 is 0. The van der Waals surface area contributed by atoms with E-state index in [1.54, 1.807) is 30.1 Å². The third kappa shape index (κ3) is 4.98. The highest BCUT2D eigenvalue weighted by Crippen LogP contribution is 2.23. The Labute approximate surface area is 125 Å². The molecule has 0 saturated carbocycles. The van der Waals surface area contributed by atoms with E-state index in [0.717, 1.165) is 0 Å². The lowest BCUT2D eigenvalue weighted by molar-refractivity contribution is -0.120. The van der Waals surface area contributed by atoms with Gasteiger partial charge in [-0.05, 0) is 39.0 Å². The van der Waals surface area contributed by atoms with Gasteiger partial charge in [0, 0.05) is 25.2 Å². The van der Waals surface area contributed by atoms with Gasteiger partial charge in [-0.1, -0.05) is 0 Å². The van der Waals surface area contributed by atoms with Crippen molar-refractivity contribution in [1.82, 2.24) is 10.6 Å². The Kier molecular flexibility index (Phi) is 6.02. The first kappa shape index (κ1) is 16.8. The topological polar surface area (TPSA) is 87.5 Å². The second-order valence-electron chi connectivity index (χ2n) is 5.21. The van der Waals surface area contributed by atoms with Gasteiger partial charge in [0.2, 0.25) is 5.91 Å². The molecule has 21 heavy (non-hydrogen) atoms. The molecule has 0 saturated heterocycles. The highest BCUT2D eigenvalue weighted by molar-refractivity contribution is 5.96. The summed E-state index contributed by atoms with van der Waals surface area (Å²) in [7, 11) is 1.77. The SMILES string of the molecule is CCNC(=O)c1ccc(N)c(N(C)CC(=O)NC(C)C)c1. The smallest absolute Gasteiger partial charge is 0.251 e. The summed E-state index contributed by atoms with van der Waals surface area (Å²) in [5.74, 6) is -0.242. The van der Waals surface area contributed by atoms with Gasteiger partial charge >= 0.3 is 0 Å². The number of likely N-dealkylation sites (N-methyl/N-ethyl adjacent to an activating group) is 1. The Balaban J connectivity index is 2.88. The predicted octanol–water partition coefficient (Wildman–Crippen LogP) is 0.979. The average molecular weight is 292 g/mol. The van der Waals surface area contributed by atoms with Crippen molar-refractivity contribution in [2.45, 2.75) is 26.8 Å². The number of nitrogen functional groups attached to an aromatic ring is 1. The molecule has 0 fully saturated rings. The highest BCUT2D eigenvalue weighted by atomic mass is 16.2. The van der Waals surface area contributed by atoms with Gasteiger partial charge in [0.1, 0.15) is 0 Å². The van der Waals surface area contributed by atoms with Gasteiger partial charge in [0.25, 0.3) is 5.91 Å². The summed E-state index contributed by atoms with van der Waals surface area (Å²) in [5, 5.41) is 5.56. The first-order chi connectivity index (χ1) is 9.85. The zero-order valence-corrected chi connectivity index (χ0v) is 13.1. The molecule has 0 aliphatic rings. The third-order valence-electron chi connectivity index (χ3n) is 2.87. The Morgan fingerprint density at radius 3 is 2.57 bits per heavy atom. The Hall–Kier alpha value is -2.24. The van der Waals surface area contributed by atoms with Gasteiger partial charge in [-0.2, -0.15) is 0 Å². The van der Waals surface area contributed by atoms with Crippen molar-refractivity contribution in [3.8, 4) is 0 Å². The number of hydrogen-bond acceptors (Lipinski definition) is 4. The predicted molar refractivity (Wildman–Crippen MR) is 85.4 cm³/mol. The molecule has 1 rings (SSSR count). The van der Waals surface area contributed by atoms with E-state index >= 15 is 0 Å². The summed E-state index contributed by atoms with van der Waals surface area (Å²) in [4.78, 5) is 25.4. The van der Waals surface area contributed by atoms with Crippen LogP contribution in [0.4, 0.5) is 11.4 Å². The summed E-state index contributed by atoms with van der Waals surface area (Å²) in [6.07, 6.45) is 0. The maximum absolute atomic E-state index is 11.8. The molecule has 6 heteroatoms. The molecule has 6 nitrogen and oxygen atoms in total. The molecule has 0 unspecified atom stereocenters. The number of benzene rings is 1. The van der Waals surface area contributed by atoms with Gasteiger partial charge in [-0.3, -0.25) is 9.59 Å². The Morgan fingerprint density at radius 1 is 1.33 bits per heavy atom. The molecule has 0 spiro atoms. The number of carbonyl (C=O) groups excluding carboxylic acids is 2. The van der Waals surface area contributed by atoms with E-state index < -0.39 is 0 Å². The summed E-state index contributed by atoms with van der Waals surface area (Å²) in [5.41, 5.74) is 7.66. The van der Waals surface area contributed by atoms with Crippen molar-refractivity contribution >= 4 is 23.2 Å². The molecule has 0 atom stereocenters. The van der Waals surface area contributed by atoms with Gasteiger partial charge in [0.05, 0.1) is 17.9 Å². The van der Waals surface area contributed by atoms with Crippen molar-refractivity contribution in [3.05, 3.63) is 23.8 Å². The molecule has 2 amide bonds. The molecule has 0 radical (unpaired) electrons. The largest absolute Gasteiger partial charge is 0.397 e. The standard InChI is InChI=1S/C15H24N4O2/c1-5-17-15(21)11-6-7-12(16)13(8-11)19(4)9-14(20)18-10(2)3/h6-8,10H,5,9,16H2,1-4H3,(H,17,21)(H,18,20). The molecular formula is C15H24N4O2. The van der Waals surface area contributed by atoms with Crippen molar-refractivity contribution in [2.24, 2.45) is 0 Å². The van der Waals surface area contributed by atoms with E-state index in [0.29, 0.717) is 23.5 Å². The van der Waals surface area contributed by atoms with Gasteiger partial charge in [-0.25, -0.2) is 0 Å². The lowest BCUT2D eigenvalue weighted by Gasteiger charge is -2.22. The van der Waals surface area contributed by atoms with Crippen molar-refractivity contribution in [2.75, 3.05) is 30.8 Å². The molecule has 0 heterocycles. The quantitative estimate of drug-likeness (QED) is 0.682. The van der Waals surface area contributed by atoms with E-state index in [2.05, 4.69) is 10.6 Å². The zero-order valence-electron chi connectivity index (χ0n) is 13.1. The van der Waals surface area contributed by atoms with E-state index in [-0.39, 0.29) is 24.4 Å². The fourth-order valence-electron chi connectivity index (χ4n) is 1.95. The summed E-state index contributed by atoms with van der Waals surface area (Å²) in [6, 6.07) is 5.14. The van der Waals surface area contributed by atoms with Crippen LogP contribution in [0.2, 0.25) is 0 Å². The molecule has 0 bridgehead atoms. The number of hydrogen-bond donors (Lipinski definition) is 3. The van der Waals surface area contributed by atoms with Crippen LogP contribution >= 0.6 is 0 Å². The second-order valence-corrected chi connectivity index (χ2v) is 5.21. The van der Waals surface area contributed by atoms with Crippen LogP contribution in [0.5, 0.6) is 0 Å². The lowest BCUT2D eigenvalue weighted by atomic mass is 10.1. The number of nitrogens with one attached hydrogen (secondary N) is 2. The van der Waals surface area contributed by atoms with Crippen LogP contribution < -0.4 is 21.3 Å². The van der Waals surface area contributed by atoms with E-state index in [1.165, 1.54) is 0 Å². The number of rotatable bonds is 6. The minimum atomic E-state index is -0.154. The van der Waals surface area contributed by atoms with Crippen molar-refractivity contribution in [3.63, 3.8) is 0 Å². The molecule has 0 aliphatic heterocycles. The second kappa shape index (κ2) is 7.52. The van der Waals surface area contributed by atoms with Crippen LogP contribution in [0.1, 0.15) is 31.1 Å². The lowest BCUT2D eigenvalue weighted by Crippen LogP contribution is -2.38. The van der Waals surface area contributed by atoms with E-state index in [1.807, 2.05) is 20.8 Å². The van der Waals surface area contributed by atoms with Crippen LogP contribution in [-0.4, -0.2) is 38.0 Å². The number of nitrogens with zero attached hydrogens (tertiary/aromatic N) is 1. The highest BCUT2D eigenvalue weighted by Gasteiger charge is 2.13. The third-order valence-corrected chi connectivity index (χ3v) is 2.87. The number of carbonyl (C=O) groups is 2. The minimum absolute atomic E-state index is 0.0877. The zero-order chi connectivity index (χ0) is 16.0. The van der Waals surface area contributed by atoms with Gasteiger partial charge in [0.15, 0.2) is 0 Å². The Bertz CT molecular complexity index is 514. The maximum atomic E-state index is 11.8. The van der Waals surface area contributed by atoms with Crippen molar-refractivity contribution < 1.29 is 9.59 Å². The summed E-state index contributed by atoms with van der Waals surface area (Å²) < 4.78 is 0. The van der Waals surface area contributed by atoms with Crippen LogP contribution in [0.3, 0.4) is 0 Å². The Morgan fingerprint density at radius 2 is 2.00 bits per heavy atom.